The lowest BCUT2D eigenvalue weighted by Crippen LogP contribution is -2.12. The quantitative estimate of drug-likeness (QED) is 0.741. The Morgan fingerprint density at radius 1 is 1.29 bits per heavy atom. The minimum absolute atomic E-state index is 0.237. The molecule has 0 aliphatic carbocycles. The summed E-state index contributed by atoms with van der Waals surface area (Å²) in [5.41, 5.74) is 1.78. The maximum atomic E-state index is 12.2. The molecule has 0 aromatic heterocycles. The van der Waals surface area contributed by atoms with Gasteiger partial charge in [-0.15, -0.1) is 0 Å². The minimum Gasteiger partial charge on any atom is -0.317 e. The van der Waals surface area contributed by atoms with E-state index >= 15 is 0 Å². The van der Waals surface area contributed by atoms with E-state index in [1.807, 2.05) is 5.48 Å². The predicted octanol–water partition coefficient (Wildman–Crippen LogP) is 2.23. The standard InChI is InChI=1S/C9H10F3NO/c10-9(11,12)8-3-1-2-7(6-8)4-5-13-14/h1-3,6,13-14H,4-5H2. The molecule has 0 saturated carbocycles. The fourth-order valence-electron chi connectivity index (χ4n) is 1.10. The summed E-state index contributed by atoms with van der Waals surface area (Å²) in [6.45, 7) is 0.237. The highest BCUT2D eigenvalue weighted by molar-refractivity contribution is 5.25. The fourth-order valence-corrected chi connectivity index (χ4v) is 1.10. The summed E-state index contributed by atoms with van der Waals surface area (Å²) in [4.78, 5) is 0. The van der Waals surface area contributed by atoms with E-state index in [1.165, 1.54) is 6.07 Å². The molecule has 14 heavy (non-hydrogen) atoms. The van der Waals surface area contributed by atoms with Gasteiger partial charge in [-0.2, -0.15) is 13.2 Å². The summed E-state index contributed by atoms with van der Waals surface area (Å²) in [6, 6.07) is 5.05. The number of hydrogen-bond acceptors (Lipinski definition) is 2. The Morgan fingerprint density at radius 3 is 2.57 bits per heavy atom. The van der Waals surface area contributed by atoms with Gasteiger partial charge in [0, 0.05) is 6.54 Å². The van der Waals surface area contributed by atoms with E-state index < -0.39 is 11.7 Å². The van der Waals surface area contributed by atoms with Crippen molar-refractivity contribution in [1.82, 2.24) is 5.48 Å². The molecular weight excluding hydrogens is 195 g/mol. The first-order valence-corrected chi connectivity index (χ1v) is 4.07. The number of alkyl halides is 3. The molecule has 0 spiro atoms. The molecular formula is C9H10F3NO. The maximum absolute atomic E-state index is 12.2. The van der Waals surface area contributed by atoms with Crippen LogP contribution in [-0.4, -0.2) is 11.8 Å². The van der Waals surface area contributed by atoms with Crippen LogP contribution in [0.3, 0.4) is 0 Å². The summed E-state index contributed by atoms with van der Waals surface area (Å²) in [6.07, 6.45) is -3.94. The van der Waals surface area contributed by atoms with E-state index in [0.717, 1.165) is 12.1 Å². The average molecular weight is 205 g/mol. The van der Waals surface area contributed by atoms with Gasteiger partial charge >= 0.3 is 6.18 Å². The molecule has 0 aliphatic heterocycles. The first kappa shape index (κ1) is 11.0. The Bertz CT molecular complexity index is 298. The largest absolute Gasteiger partial charge is 0.416 e. The first-order valence-electron chi connectivity index (χ1n) is 4.07. The monoisotopic (exact) mass is 205 g/mol. The van der Waals surface area contributed by atoms with Crippen LogP contribution in [-0.2, 0) is 12.6 Å². The molecule has 0 radical (unpaired) electrons. The van der Waals surface area contributed by atoms with Gasteiger partial charge < -0.3 is 5.21 Å². The van der Waals surface area contributed by atoms with Gasteiger partial charge in [-0.25, -0.2) is 5.48 Å². The number of rotatable bonds is 3. The molecule has 0 aliphatic rings. The maximum Gasteiger partial charge on any atom is 0.416 e. The van der Waals surface area contributed by atoms with Gasteiger partial charge in [-0.3, -0.25) is 0 Å². The lowest BCUT2D eigenvalue weighted by atomic mass is 10.1. The Balaban J connectivity index is 2.79. The van der Waals surface area contributed by atoms with E-state index in [1.54, 1.807) is 6.07 Å². The first-order chi connectivity index (χ1) is 6.54. The molecule has 0 atom stereocenters. The topological polar surface area (TPSA) is 32.3 Å². The highest BCUT2D eigenvalue weighted by Crippen LogP contribution is 2.29. The Morgan fingerprint density at radius 2 is 2.00 bits per heavy atom. The van der Waals surface area contributed by atoms with Crippen molar-refractivity contribution in [3.8, 4) is 0 Å². The van der Waals surface area contributed by atoms with Crippen LogP contribution < -0.4 is 5.48 Å². The van der Waals surface area contributed by atoms with Gasteiger partial charge in [0.15, 0.2) is 0 Å². The van der Waals surface area contributed by atoms with Crippen LogP contribution in [0.5, 0.6) is 0 Å². The number of halogens is 3. The van der Waals surface area contributed by atoms with Gasteiger partial charge in [-0.1, -0.05) is 18.2 Å². The number of nitrogens with one attached hydrogen (secondary N) is 1. The van der Waals surface area contributed by atoms with Crippen LogP contribution in [0.15, 0.2) is 24.3 Å². The smallest absolute Gasteiger partial charge is 0.317 e. The lowest BCUT2D eigenvalue weighted by Gasteiger charge is -2.08. The zero-order valence-corrected chi connectivity index (χ0v) is 7.30. The number of benzene rings is 1. The highest BCUT2D eigenvalue weighted by Gasteiger charge is 2.30. The van der Waals surface area contributed by atoms with Crippen molar-refractivity contribution in [3.63, 3.8) is 0 Å². The summed E-state index contributed by atoms with van der Waals surface area (Å²) < 4.78 is 36.7. The Labute approximate surface area is 79.3 Å². The molecule has 0 amide bonds. The van der Waals surface area contributed by atoms with Crippen molar-refractivity contribution in [2.45, 2.75) is 12.6 Å². The van der Waals surface area contributed by atoms with Crippen LogP contribution >= 0.6 is 0 Å². The molecule has 1 aromatic rings. The summed E-state index contributed by atoms with van der Waals surface area (Å²) in [7, 11) is 0. The number of hydrogen-bond donors (Lipinski definition) is 2. The molecule has 2 N–H and O–H groups in total. The SMILES string of the molecule is ONCCc1cccc(C(F)(F)F)c1. The van der Waals surface area contributed by atoms with Gasteiger partial charge in [0.2, 0.25) is 0 Å². The number of hydroxylamine groups is 1. The van der Waals surface area contributed by atoms with Gasteiger partial charge in [-0.05, 0) is 18.1 Å². The summed E-state index contributed by atoms with van der Waals surface area (Å²) in [5, 5.41) is 8.28. The van der Waals surface area contributed by atoms with Crippen molar-refractivity contribution in [2.24, 2.45) is 0 Å². The Hall–Kier alpha value is -1.07. The fraction of sp³-hybridized carbons (Fsp3) is 0.333. The van der Waals surface area contributed by atoms with Gasteiger partial charge in [0.25, 0.3) is 0 Å². The summed E-state index contributed by atoms with van der Waals surface area (Å²) in [5.74, 6) is 0. The lowest BCUT2D eigenvalue weighted by molar-refractivity contribution is -0.137. The normalized spacial score (nSPS) is 11.7. The average Bonchev–Trinajstić information content (AvgIpc) is 2.14. The molecule has 0 unspecified atom stereocenters. The predicted molar refractivity (Wildman–Crippen MR) is 44.9 cm³/mol. The van der Waals surface area contributed by atoms with Crippen LogP contribution in [0.25, 0.3) is 0 Å². The van der Waals surface area contributed by atoms with Gasteiger partial charge in [0.1, 0.15) is 0 Å². The molecule has 0 heterocycles. The van der Waals surface area contributed by atoms with E-state index in [-0.39, 0.29) is 6.54 Å². The van der Waals surface area contributed by atoms with Crippen molar-refractivity contribution in [1.29, 1.82) is 0 Å². The Kier molecular flexibility index (Phi) is 3.49. The molecule has 2 nitrogen and oxygen atoms in total. The van der Waals surface area contributed by atoms with Crippen LogP contribution in [0.4, 0.5) is 13.2 Å². The molecule has 0 saturated heterocycles. The second-order valence-electron chi connectivity index (χ2n) is 2.86. The van der Waals surface area contributed by atoms with Crippen molar-refractivity contribution < 1.29 is 18.4 Å². The minimum atomic E-state index is -4.30. The molecule has 0 bridgehead atoms. The van der Waals surface area contributed by atoms with E-state index in [9.17, 15) is 13.2 Å². The molecule has 1 aromatic carbocycles. The van der Waals surface area contributed by atoms with Gasteiger partial charge in [0.05, 0.1) is 5.56 Å². The van der Waals surface area contributed by atoms with E-state index in [2.05, 4.69) is 0 Å². The second-order valence-corrected chi connectivity index (χ2v) is 2.86. The summed E-state index contributed by atoms with van der Waals surface area (Å²) >= 11 is 0. The van der Waals surface area contributed by atoms with E-state index in [0.29, 0.717) is 12.0 Å². The van der Waals surface area contributed by atoms with Crippen LogP contribution in [0, 0.1) is 0 Å². The van der Waals surface area contributed by atoms with Crippen molar-refractivity contribution in [3.05, 3.63) is 35.4 Å². The van der Waals surface area contributed by atoms with Crippen molar-refractivity contribution >= 4 is 0 Å². The molecule has 0 fully saturated rings. The van der Waals surface area contributed by atoms with Crippen LogP contribution in [0.1, 0.15) is 11.1 Å². The molecule has 78 valence electrons. The zero-order chi connectivity index (χ0) is 10.6. The molecule has 1 rings (SSSR count). The van der Waals surface area contributed by atoms with E-state index in [4.69, 9.17) is 5.21 Å². The third kappa shape index (κ3) is 3.01. The second kappa shape index (κ2) is 4.43. The van der Waals surface area contributed by atoms with Crippen LogP contribution in [0.2, 0.25) is 0 Å². The molecule has 5 heteroatoms. The highest BCUT2D eigenvalue weighted by atomic mass is 19.4. The third-order valence-electron chi connectivity index (χ3n) is 1.78. The zero-order valence-electron chi connectivity index (χ0n) is 7.30. The van der Waals surface area contributed by atoms with Crippen molar-refractivity contribution in [2.75, 3.05) is 6.54 Å². The third-order valence-corrected chi connectivity index (χ3v) is 1.78.